The minimum absolute atomic E-state index is 0.0729. The second-order valence-corrected chi connectivity index (χ2v) is 8.81. The highest BCUT2D eigenvalue weighted by molar-refractivity contribution is 5.35. The molecule has 0 bridgehead atoms. The molecule has 2 aromatic carbocycles. The zero-order chi connectivity index (χ0) is 23.3. The van der Waals surface area contributed by atoms with Gasteiger partial charge in [0.2, 0.25) is 0 Å². The Hall–Kier alpha value is -1.89. The zero-order valence-corrected chi connectivity index (χ0v) is 19.1. The fourth-order valence-electron chi connectivity index (χ4n) is 4.79. The van der Waals surface area contributed by atoms with Crippen LogP contribution in [-0.2, 0) is 10.9 Å². The van der Waals surface area contributed by atoms with Crippen LogP contribution < -0.4 is 0 Å². The molecule has 176 valence electrons. The van der Waals surface area contributed by atoms with E-state index in [4.69, 9.17) is 4.74 Å². The van der Waals surface area contributed by atoms with E-state index in [1.54, 1.807) is 6.07 Å². The van der Waals surface area contributed by atoms with Gasteiger partial charge in [-0.2, -0.15) is 13.2 Å². The van der Waals surface area contributed by atoms with E-state index < -0.39 is 17.8 Å². The number of benzene rings is 2. The third-order valence-electron chi connectivity index (χ3n) is 6.76. The molecule has 0 aromatic heterocycles. The summed E-state index contributed by atoms with van der Waals surface area (Å²) in [6.07, 6.45) is -3.17. The number of likely N-dealkylation sites (N-methyl/N-ethyl adjacent to an activating group) is 1. The normalized spacial score (nSPS) is 22.8. The van der Waals surface area contributed by atoms with E-state index >= 15 is 0 Å². The van der Waals surface area contributed by atoms with Crippen LogP contribution in [0.1, 0.15) is 61.0 Å². The number of ether oxygens (including phenoxy) is 1. The molecule has 6 heteroatoms. The van der Waals surface area contributed by atoms with Crippen molar-refractivity contribution in [3.8, 4) is 0 Å². The Bertz CT molecular complexity index is 856. The van der Waals surface area contributed by atoms with Gasteiger partial charge in [-0.3, -0.25) is 4.90 Å². The SMILES string of the molecule is CCN(CCO)C[C@@H]1CC[C@@H]([C@H](C)c2ccccc2)[C@@H](c2cc(C(F)(F)F)ccc2C)O1. The maximum Gasteiger partial charge on any atom is 0.416 e. The average Bonchev–Trinajstić information content (AvgIpc) is 2.78. The molecule has 4 atom stereocenters. The molecule has 3 rings (SSSR count). The van der Waals surface area contributed by atoms with E-state index in [0.717, 1.165) is 31.0 Å². The average molecular weight is 450 g/mol. The smallest absolute Gasteiger partial charge is 0.395 e. The van der Waals surface area contributed by atoms with Gasteiger partial charge in [0.25, 0.3) is 0 Å². The molecule has 1 heterocycles. The monoisotopic (exact) mass is 449 g/mol. The maximum atomic E-state index is 13.5. The van der Waals surface area contributed by atoms with E-state index in [-0.39, 0.29) is 24.5 Å². The van der Waals surface area contributed by atoms with Crippen molar-refractivity contribution in [3.63, 3.8) is 0 Å². The van der Waals surface area contributed by atoms with Crippen molar-refractivity contribution in [1.82, 2.24) is 4.90 Å². The largest absolute Gasteiger partial charge is 0.416 e. The Morgan fingerprint density at radius 2 is 1.84 bits per heavy atom. The Morgan fingerprint density at radius 3 is 2.47 bits per heavy atom. The van der Waals surface area contributed by atoms with Gasteiger partial charge in [0.1, 0.15) is 0 Å². The molecule has 32 heavy (non-hydrogen) atoms. The summed E-state index contributed by atoms with van der Waals surface area (Å²) in [6, 6.07) is 14.1. The standard InChI is InChI=1S/C26H34F3NO2/c1-4-30(14-15-31)17-22-12-13-23(19(3)20-8-6-5-7-9-20)25(32-22)24-16-21(26(27,28)29)11-10-18(24)2/h5-11,16,19,22-23,25,31H,4,12-15,17H2,1-3H3/t19-,22+,23+,25+/m1/s1. The molecule has 0 amide bonds. The van der Waals surface area contributed by atoms with Crippen LogP contribution in [0.3, 0.4) is 0 Å². The third kappa shape index (κ3) is 5.91. The third-order valence-corrected chi connectivity index (χ3v) is 6.76. The highest BCUT2D eigenvalue weighted by Crippen LogP contribution is 2.46. The Kier molecular flexibility index (Phi) is 8.37. The first-order valence-electron chi connectivity index (χ1n) is 11.5. The van der Waals surface area contributed by atoms with Crippen molar-refractivity contribution in [1.29, 1.82) is 0 Å². The van der Waals surface area contributed by atoms with Gasteiger partial charge >= 0.3 is 6.18 Å². The highest BCUT2D eigenvalue weighted by atomic mass is 19.4. The van der Waals surface area contributed by atoms with Gasteiger partial charge in [0.15, 0.2) is 0 Å². The van der Waals surface area contributed by atoms with Gasteiger partial charge in [0, 0.05) is 13.1 Å². The molecule has 2 aromatic rings. The zero-order valence-electron chi connectivity index (χ0n) is 19.1. The molecule has 3 nitrogen and oxygen atoms in total. The predicted octanol–water partition coefficient (Wildman–Crippen LogP) is 5.97. The summed E-state index contributed by atoms with van der Waals surface area (Å²) in [6.45, 7) is 8.13. The summed E-state index contributed by atoms with van der Waals surface area (Å²) in [5.41, 5.74) is 1.98. The number of alkyl halides is 3. The topological polar surface area (TPSA) is 32.7 Å². The summed E-state index contributed by atoms with van der Waals surface area (Å²) in [5, 5.41) is 9.32. The summed E-state index contributed by atoms with van der Waals surface area (Å²) in [5.74, 6) is 0.222. The Balaban J connectivity index is 1.94. The lowest BCUT2D eigenvalue weighted by molar-refractivity contribution is -0.138. The molecule has 0 saturated carbocycles. The fraction of sp³-hybridized carbons (Fsp3) is 0.538. The number of hydrogen-bond acceptors (Lipinski definition) is 3. The van der Waals surface area contributed by atoms with Crippen LogP contribution in [-0.4, -0.2) is 42.4 Å². The van der Waals surface area contributed by atoms with Crippen molar-refractivity contribution >= 4 is 0 Å². The molecule has 1 saturated heterocycles. The summed E-state index contributed by atoms with van der Waals surface area (Å²) >= 11 is 0. The fourth-order valence-corrected chi connectivity index (χ4v) is 4.79. The molecule has 0 unspecified atom stereocenters. The van der Waals surface area contributed by atoms with Crippen molar-refractivity contribution < 1.29 is 23.0 Å². The molecule has 0 radical (unpaired) electrons. The number of nitrogens with zero attached hydrogens (tertiary/aromatic N) is 1. The van der Waals surface area contributed by atoms with Crippen LogP contribution in [0, 0.1) is 12.8 Å². The molecular weight excluding hydrogens is 415 g/mol. The number of halogens is 3. The molecule has 1 N–H and O–H groups in total. The number of rotatable bonds is 8. The quantitative estimate of drug-likeness (QED) is 0.539. The number of aliphatic hydroxyl groups is 1. The van der Waals surface area contributed by atoms with Crippen molar-refractivity contribution in [2.45, 2.75) is 57.9 Å². The van der Waals surface area contributed by atoms with E-state index in [2.05, 4.69) is 24.0 Å². The summed E-state index contributed by atoms with van der Waals surface area (Å²) in [4.78, 5) is 2.13. The first-order valence-corrected chi connectivity index (χ1v) is 11.5. The van der Waals surface area contributed by atoms with Crippen molar-refractivity contribution in [3.05, 3.63) is 70.8 Å². The lowest BCUT2D eigenvalue weighted by Gasteiger charge is -2.42. The lowest BCUT2D eigenvalue weighted by atomic mass is 9.75. The Morgan fingerprint density at radius 1 is 1.12 bits per heavy atom. The molecule has 1 aliphatic rings. The summed E-state index contributed by atoms with van der Waals surface area (Å²) in [7, 11) is 0. The minimum atomic E-state index is -4.39. The Labute approximate surface area is 189 Å². The van der Waals surface area contributed by atoms with Crippen molar-refractivity contribution in [2.24, 2.45) is 5.92 Å². The van der Waals surface area contributed by atoms with Crippen molar-refractivity contribution in [2.75, 3.05) is 26.2 Å². The molecular formula is C26H34F3NO2. The first kappa shape index (κ1) is 24.7. The molecule has 1 aliphatic heterocycles. The van der Waals surface area contributed by atoms with Gasteiger partial charge in [-0.1, -0.05) is 50.2 Å². The number of aryl methyl sites for hydroxylation is 1. The molecule has 0 spiro atoms. The van der Waals surface area contributed by atoms with Crippen LogP contribution >= 0.6 is 0 Å². The van der Waals surface area contributed by atoms with Gasteiger partial charge in [-0.05, 0) is 67.0 Å². The number of hydrogen-bond donors (Lipinski definition) is 1. The van der Waals surface area contributed by atoms with Crippen LogP contribution in [0.25, 0.3) is 0 Å². The van der Waals surface area contributed by atoms with Crippen LogP contribution in [0.5, 0.6) is 0 Å². The maximum absolute atomic E-state index is 13.5. The molecule has 0 aliphatic carbocycles. The van der Waals surface area contributed by atoms with Gasteiger partial charge < -0.3 is 9.84 Å². The second kappa shape index (κ2) is 10.8. The van der Waals surface area contributed by atoms with Crippen LogP contribution in [0.4, 0.5) is 13.2 Å². The van der Waals surface area contributed by atoms with Gasteiger partial charge in [-0.25, -0.2) is 0 Å². The summed E-state index contributed by atoms with van der Waals surface area (Å²) < 4.78 is 47.1. The van der Waals surface area contributed by atoms with E-state index in [1.807, 2.05) is 32.0 Å². The van der Waals surface area contributed by atoms with Gasteiger partial charge in [-0.15, -0.1) is 0 Å². The second-order valence-electron chi connectivity index (χ2n) is 8.81. The minimum Gasteiger partial charge on any atom is -0.395 e. The lowest BCUT2D eigenvalue weighted by Crippen LogP contribution is -2.41. The van der Waals surface area contributed by atoms with E-state index in [9.17, 15) is 18.3 Å². The predicted molar refractivity (Wildman–Crippen MR) is 121 cm³/mol. The number of aliphatic hydroxyl groups excluding tert-OH is 1. The van der Waals surface area contributed by atoms with Gasteiger partial charge in [0.05, 0.1) is 24.4 Å². The van der Waals surface area contributed by atoms with Crippen LogP contribution in [0.15, 0.2) is 48.5 Å². The molecule has 1 fully saturated rings. The van der Waals surface area contributed by atoms with E-state index in [1.165, 1.54) is 11.6 Å². The first-order chi connectivity index (χ1) is 15.2. The van der Waals surface area contributed by atoms with Crippen LogP contribution in [0.2, 0.25) is 0 Å². The van der Waals surface area contributed by atoms with E-state index in [0.29, 0.717) is 18.7 Å². The highest BCUT2D eigenvalue weighted by Gasteiger charge is 2.39.